The van der Waals surface area contributed by atoms with Crippen LogP contribution in [0, 0.1) is 34.6 Å². The van der Waals surface area contributed by atoms with Crippen molar-refractivity contribution in [1.82, 2.24) is 4.72 Å². The van der Waals surface area contributed by atoms with E-state index in [0.29, 0.717) is 16.7 Å². The molecule has 0 amide bonds. The molecule has 1 N–H and O–H groups in total. The molecule has 0 aliphatic rings. The van der Waals surface area contributed by atoms with Crippen molar-refractivity contribution in [2.24, 2.45) is 0 Å². The van der Waals surface area contributed by atoms with Crippen LogP contribution in [-0.4, -0.2) is 21.5 Å². The molecule has 0 spiro atoms. The highest BCUT2D eigenvalue weighted by Gasteiger charge is 2.31. The Morgan fingerprint density at radius 2 is 1.35 bits per heavy atom. The molecule has 0 bridgehead atoms. The zero-order chi connectivity index (χ0) is 19.6. The Labute approximate surface area is 155 Å². The molecule has 0 heterocycles. The van der Waals surface area contributed by atoms with E-state index < -0.39 is 22.0 Å². The number of nitrogens with one attached hydrogen (secondary N) is 1. The summed E-state index contributed by atoms with van der Waals surface area (Å²) in [6.07, 6.45) is 0. The summed E-state index contributed by atoms with van der Waals surface area (Å²) < 4.78 is 33.7. The lowest BCUT2D eigenvalue weighted by molar-refractivity contribution is -0.142. The summed E-state index contributed by atoms with van der Waals surface area (Å²) in [7, 11) is -2.70. The quantitative estimate of drug-likeness (QED) is 0.813. The minimum atomic E-state index is -3.94. The second kappa shape index (κ2) is 7.60. The first-order valence-corrected chi connectivity index (χ1v) is 9.82. The normalized spacial score (nSPS) is 12.7. The van der Waals surface area contributed by atoms with Gasteiger partial charge in [0.1, 0.15) is 6.04 Å². The molecule has 1 unspecified atom stereocenters. The largest absolute Gasteiger partial charge is 0.468 e. The van der Waals surface area contributed by atoms with E-state index in [-0.39, 0.29) is 4.90 Å². The van der Waals surface area contributed by atoms with Gasteiger partial charge >= 0.3 is 5.97 Å². The van der Waals surface area contributed by atoms with Crippen LogP contribution in [0.2, 0.25) is 0 Å². The van der Waals surface area contributed by atoms with Crippen LogP contribution in [0.3, 0.4) is 0 Å². The van der Waals surface area contributed by atoms with Crippen LogP contribution in [0.25, 0.3) is 0 Å². The highest BCUT2D eigenvalue weighted by atomic mass is 32.2. The Morgan fingerprint density at radius 1 is 0.885 bits per heavy atom. The van der Waals surface area contributed by atoms with Gasteiger partial charge in [-0.05, 0) is 68.0 Å². The Balaban J connectivity index is 2.59. The number of ether oxygens (including phenoxy) is 1. The molecule has 0 aromatic heterocycles. The molecule has 26 heavy (non-hydrogen) atoms. The lowest BCUT2D eigenvalue weighted by Crippen LogP contribution is -2.35. The summed E-state index contributed by atoms with van der Waals surface area (Å²) in [6.45, 7) is 9.38. The third-order valence-electron chi connectivity index (χ3n) is 5.04. The van der Waals surface area contributed by atoms with E-state index >= 15 is 0 Å². The highest BCUT2D eigenvalue weighted by molar-refractivity contribution is 7.89. The number of carbonyl (C=O) groups is 1. The molecule has 2 aromatic rings. The van der Waals surface area contributed by atoms with Crippen molar-refractivity contribution in [1.29, 1.82) is 0 Å². The Bertz CT molecular complexity index is 905. The predicted octanol–water partition coefficient (Wildman–Crippen LogP) is 3.42. The van der Waals surface area contributed by atoms with Crippen molar-refractivity contribution in [3.05, 3.63) is 63.7 Å². The molecule has 0 aliphatic heterocycles. The fourth-order valence-electron chi connectivity index (χ4n) is 3.10. The topological polar surface area (TPSA) is 72.5 Å². The maximum absolute atomic E-state index is 13.2. The van der Waals surface area contributed by atoms with Crippen LogP contribution in [-0.2, 0) is 19.6 Å². The van der Waals surface area contributed by atoms with Gasteiger partial charge in [0.05, 0.1) is 12.0 Å². The van der Waals surface area contributed by atoms with Crippen LogP contribution >= 0.6 is 0 Å². The van der Waals surface area contributed by atoms with Gasteiger partial charge in [-0.2, -0.15) is 4.72 Å². The highest BCUT2D eigenvalue weighted by Crippen LogP contribution is 2.30. The summed E-state index contributed by atoms with van der Waals surface area (Å²) in [4.78, 5) is 12.5. The minimum absolute atomic E-state index is 0.225. The molecular weight excluding hydrogens is 350 g/mol. The molecule has 1 atom stereocenters. The molecule has 0 saturated heterocycles. The maximum Gasteiger partial charge on any atom is 0.328 e. The maximum atomic E-state index is 13.2. The molecule has 2 aromatic carbocycles. The average molecular weight is 375 g/mol. The summed E-state index contributed by atoms with van der Waals surface area (Å²) in [5, 5.41) is 0. The van der Waals surface area contributed by atoms with E-state index in [0.717, 1.165) is 16.7 Å². The Hall–Kier alpha value is -2.18. The van der Waals surface area contributed by atoms with Crippen molar-refractivity contribution in [3.63, 3.8) is 0 Å². The van der Waals surface area contributed by atoms with Gasteiger partial charge in [-0.15, -0.1) is 0 Å². The lowest BCUT2D eigenvalue weighted by atomic mass is 9.95. The van der Waals surface area contributed by atoms with Gasteiger partial charge in [0.15, 0.2) is 0 Å². The van der Waals surface area contributed by atoms with Crippen LogP contribution < -0.4 is 4.72 Å². The summed E-state index contributed by atoms with van der Waals surface area (Å²) in [5.41, 5.74) is 4.85. The van der Waals surface area contributed by atoms with Crippen molar-refractivity contribution < 1.29 is 17.9 Å². The smallest absolute Gasteiger partial charge is 0.328 e. The van der Waals surface area contributed by atoms with E-state index in [1.54, 1.807) is 44.2 Å². The van der Waals surface area contributed by atoms with Crippen molar-refractivity contribution in [3.8, 4) is 0 Å². The van der Waals surface area contributed by atoms with E-state index in [9.17, 15) is 13.2 Å². The number of methoxy groups -OCH3 is 1. The number of hydrogen-bond donors (Lipinski definition) is 1. The zero-order valence-electron chi connectivity index (χ0n) is 16.0. The first kappa shape index (κ1) is 20.1. The average Bonchev–Trinajstić information content (AvgIpc) is 2.63. The van der Waals surface area contributed by atoms with E-state index in [4.69, 9.17) is 4.74 Å². The minimum Gasteiger partial charge on any atom is -0.468 e. The molecule has 0 aliphatic carbocycles. The van der Waals surface area contributed by atoms with Gasteiger partial charge in [-0.1, -0.05) is 30.3 Å². The molecule has 6 heteroatoms. The second-order valence-corrected chi connectivity index (χ2v) is 8.09. The van der Waals surface area contributed by atoms with E-state index in [1.807, 2.05) is 20.8 Å². The molecule has 0 saturated carbocycles. The van der Waals surface area contributed by atoms with E-state index in [2.05, 4.69) is 4.72 Å². The van der Waals surface area contributed by atoms with Crippen LogP contribution in [0.4, 0.5) is 0 Å². The van der Waals surface area contributed by atoms with Crippen molar-refractivity contribution in [2.45, 2.75) is 45.6 Å². The fourth-order valence-corrected chi connectivity index (χ4v) is 4.87. The summed E-state index contributed by atoms with van der Waals surface area (Å²) in [6, 6.07) is 7.57. The zero-order valence-corrected chi connectivity index (χ0v) is 16.8. The molecule has 0 radical (unpaired) electrons. The number of hydrogen-bond acceptors (Lipinski definition) is 4. The first-order valence-electron chi connectivity index (χ1n) is 8.33. The van der Waals surface area contributed by atoms with Gasteiger partial charge in [0.2, 0.25) is 10.0 Å². The van der Waals surface area contributed by atoms with Crippen LogP contribution in [0.1, 0.15) is 39.4 Å². The molecule has 0 fully saturated rings. The van der Waals surface area contributed by atoms with Gasteiger partial charge in [0, 0.05) is 0 Å². The van der Waals surface area contributed by atoms with Crippen molar-refractivity contribution >= 4 is 16.0 Å². The van der Waals surface area contributed by atoms with Gasteiger partial charge in [-0.3, -0.25) is 0 Å². The molecule has 5 nitrogen and oxygen atoms in total. The fraction of sp³-hybridized carbons (Fsp3) is 0.350. The summed E-state index contributed by atoms with van der Waals surface area (Å²) >= 11 is 0. The summed E-state index contributed by atoms with van der Waals surface area (Å²) in [5.74, 6) is -0.657. The number of rotatable bonds is 5. The van der Waals surface area contributed by atoms with Gasteiger partial charge in [-0.25, -0.2) is 13.2 Å². The monoisotopic (exact) mass is 375 g/mol. The van der Waals surface area contributed by atoms with Crippen LogP contribution in [0.5, 0.6) is 0 Å². The standard InChI is InChI=1S/C20H25NO4S/c1-12-13(2)15(4)19(16(5)14(12)3)26(23,24)21-18(20(22)25-6)17-10-8-7-9-11-17/h7-11,18,21H,1-6H3. The Morgan fingerprint density at radius 3 is 1.81 bits per heavy atom. The predicted molar refractivity (Wildman–Crippen MR) is 102 cm³/mol. The number of benzene rings is 2. The molecular formula is C20H25NO4S. The number of sulfonamides is 1. The van der Waals surface area contributed by atoms with E-state index in [1.165, 1.54) is 7.11 Å². The van der Waals surface area contributed by atoms with Gasteiger partial charge in [0.25, 0.3) is 0 Å². The third kappa shape index (κ3) is 3.66. The number of esters is 1. The SMILES string of the molecule is COC(=O)C(NS(=O)(=O)c1c(C)c(C)c(C)c(C)c1C)c1ccccc1. The molecule has 2 rings (SSSR count). The lowest BCUT2D eigenvalue weighted by Gasteiger charge is -2.22. The first-order chi connectivity index (χ1) is 12.1. The number of carbonyl (C=O) groups excluding carboxylic acids is 1. The molecule has 140 valence electrons. The van der Waals surface area contributed by atoms with Gasteiger partial charge < -0.3 is 4.74 Å². The van der Waals surface area contributed by atoms with Crippen molar-refractivity contribution in [2.75, 3.05) is 7.11 Å². The Kier molecular flexibility index (Phi) is 5.88. The second-order valence-electron chi connectivity index (χ2n) is 6.44. The van der Waals surface area contributed by atoms with Crippen LogP contribution in [0.15, 0.2) is 35.2 Å². The third-order valence-corrected chi connectivity index (χ3v) is 6.74.